The van der Waals surface area contributed by atoms with Crippen LogP contribution in [0.25, 0.3) is 0 Å². The van der Waals surface area contributed by atoms with E-state index >= 15 is 0 Å². The molecule has 0 bridgehead atoms. The first-order valence-electron chi connectivity index (χ1n) is 5.81. The molecule has 2 rings (SSSR count). The Morgan fingerprint density at radius 3 is 2.69 bits per heavy atom. The Morgan fingerprint density at radius 2 is 2.06 bits per heavy atom. The molecule has 1 aromatic rings. The second-order valence-corrected chi connectivity index (χ2v) is 4.75. The molecule has 2 nitrogen and oxygen atoms in total. The normalized spacial score (nSPS) is 18.7. The van der Waals surface area contributed by atoms with E-state index in [2.05, 4.69) is 5.32 Å². The molecule has 1 aliphatic carbocycles. The second kappa shape index (κ2) is 4.42. The SMILES string of the molecule is Cc1cc(NCC2(O)CCCC2)ccc1F. The van der Waals surface area contributed by atoms with E-state index in [1.165, 1.54) is 6.07 Å². The van der Waals surface area contributed by atoms with Crippen LogP contribution in [0.2, 0.25) is 0 Å². The molecule has 88 valence electrons. The molecule has 1 saturated carbocycles. The number of hydrogen-bond donors (Lipinski definition) is 2. The summed E-state index contributed by atoms with van der Waals surface area (Å²) in [5.41, 5.74) is 0.935. The molecule has 0 aromatic heterocycles. The van der Waals surface area contributed by atoms with Gasteiger partial charge < -0.3 is 10.4 Å². The summed E-state index contributed by atoms with van der Waals surface area (Å²) in [6.45, 7) is 2.29. The molecule has 0 saturated heterocycles. The number of benzene rings is 1. The average molecular weight is 223 g/mol. The topological polar surface area (TPSA) is 32.3 Å². The highest BCUT2D eigenvalue weighted by Crippen LogP contribution is 2.29. The zero-order valence-corrected chi connectivity index (χ0v) is 9.59. The zero-order chi connectivity index (χ0) is 11.6. The molecule has 2 N–H and O–H groups in total. The Balaban J connectivity index is 1.96. The van der Waals surface area contributed by atoms with Crippen LogP contribution < -0.4 is 5.32 Å². The van der Waals surface area contributed by atoms with Crippen molar-refractivity contribution >= 4 is 5.69 Å². The van der Waals surface area contributed by atoms with Gasteiger partial charge in [0.05, 0.1) is 5.60 Å². The van der Waals surface area contributed by atoms with Gasteiger partial charge in [-0.25, -0.2) is 4.39 Å². The maximum absolute atomic E-state index is 13.0. The van der Waals surface area contributed by atoms with E-state index in [9.17, 15) is 9.50 Å². The molecule has 1 fully saturated rings. The average Bonchev–Trinajstić information content (AvgIpc) is 2.68. The van der Waals surface area contributed by atoms with Gasteiger partial charge in [-0.15, -0.1) is 0 Å². The molecule has 0 spiro atoms. The van der Waals surface area contributed by atoms with Crippen LogP contribution >= 0.6 is 0 Å². The Hall–Kier alpha value is -1.09. The maximum Gasteiger partial charge on any atom is 0.126 e. The molecular weight excluding hydrogens is 205 g/mol. The molecule has 0 radical (unpaired) electrons. The largest absolute Gasteiger partial charge is 0.388 e. The molecule has 0 aliphatic heterocycles. The number of aliphatic hydroxyl groups is 1. The van der Waals surface area contributed by atoms with Crippen LogP contribution in [0.4, 0.5) is 10.1 Å². The minimum Gasteiger partial charge on any atom is -0.388 e. The van der Waals surface area contributed by atoms with Crippen LogP contribution in [0.1, 0.15) is 31.2 Å². The van der Waals surface area contributed by atoms with E-state index in [0.29, 0.717) is 12.1 Å². The quantitative estimate of drug-likeness (QED) is 0.825. The Bertz CT molecular complexity index is 372. The summed E-state index contributed by atoms with van der Waals surface area (Å²) in [6.07, 6.45) is 3.92. The van der Waals surface area contributed by atoms with E-state index in [0.717, 1.165) is 31.4 Å². The van der Waals surface area contributed by atoms with Gasteiger partial charge >= 0.3 is 0 Å². The molecule has 0 amide bonds. The van der Waals surface area contributed by atoms with Gasteiger partial charge in [0.25, 0.3) is 0 Å². The number of aryl methyl sites for hydroxylation is 1. The number of rotatable bonds is 3. The van der Waals surface area contributed by atoms with Crippen molar-refractivity contribution in [3.8, 4) is 0 Å². The summed E-state index contributed by atoms with van der Waals surface area (Å²) >= 11 is 0. The fraction of sp³-hybridized carbons (Fsp3) is 0.538. The third-order valence-electron chi connectivity index (χ3n) is 3.31. The van der Waals surface area contributed by atoms with Gasteiger partial charge in [0.2, 0.25) is 0 Å². The van der Waals surface area contributed by atoms with Gasteiger partial charge in [-0.2, -0.15) is 0 Å². The number of hydrogen-bond acceptors (Lipinski definition) is 2. The third kappa shape index (κ3) is 2.53. The number of anilines is 1. The highest BCUT2D eigenvalue weighted by atomic mass is 19.1. The van der Waals surface area contributed by atoms with Crippen molar-refractivity contribution in [3.05, 3.63) is 29.6 Å². The lowest BCUT2D eigenvalue weighted by Gasteiger charge is -2.23. The summed E-state index contributed by atoms with van der Waals surface area (Å²) in [6, 6.07) is 4.94. The predicted octanol–water partition coefficient (Wildman–Crippen LogP) is 2.85. The first-order chi connectivity index (χ1) is 7.59. The summed E-state index contributed by atoms with van der Waals surface area (Å²) in [5.74, 6) is -0.190. The van der Waals surface area contributed by atoms with Crippen molar-refractivity contribution in [2.45, 2.75) is 38.2 Å². The fourth-order valence-corrected chi connectivity index (χ4v) is 2.23. The van der Waals surface area contributed by atoms with Crippen molar-refractivity contribution in [1.29, 1.82) is 0 Å². The summed E-state index contributed by atoms with van der Waals surface area (Å²) in [4.78, 5) is 0. The molecular formula is C13H18FNO. The molecule has 0 unspecified atom stereocenters. The first kappa shape index (κ1) is 11.4. The predicted molar refractivity (Wildman–Crippen MR) is 63.0 cm³/mol. The molecule has 0 heterocycles. The van der Waals surface area contributed by atoms with Crippen LogP contribution in [0.3, 0.4) is 0 Å². The number of nitrogens with one attached hydrogen (secondary N) is 1. The van der Waals surface area contributed by atoms with Crippen LogP contribution in [-0.2, 0) is 0 Å². The van der Waals surface area contributed by atoms with Crippen molar-refractivity contribution < 1.29 is 9.50 Å². The lowest BCUT2D eigenvalue weighted by atomic mass is 10.0. The van der Waals surface area contributed by atoms with Crippen molar-refractivity contribution in [1.82, 2.24) is 0 Å². The monoisotopic (exact) mass is 223 g/mol. The van der Waals surface area contributed by atoms with Gasteiger partial charge in [0.1, 0.15) is 5.82 Å². The standard InChI is InChI=1S/C13H18FNO/c1-10-8-11(4-5-12(10)14)15-9-13(16)6-2-3-7-13/h4-5,8,15-16H,2-3,6-7,9H2,1H3. The molecule has 16 heavy (non-hydrogen) atoms. The summed E-state index contributed by atoms with van der Waals surface area (Å²) in [7, 11) is 0. The van der Waals surface area contributed by atoms with Crippen LogP contribution in [0.15, 0.2) is 18.2 Å². The Morgan fingerprint density at radius 1 is 1.38 bits per heavy atom. The lowest BCUT2D eigenvalue weighted by molar-refractivity contribution is 0.0615. The maximum atomic E-state index is 13.0. The third-order valence-corrected chi connectivity index (χ3v) is 3.31. The smallest absolute Gasteiger partial charge is 0.126 e. The van der Waals surface area contributed by atoms with E-state index in [1.807, 2.05) is 0 Å². The van der Waals surface area contributed by atoms with Crippen LogP contribution in [0.5, 0.6) is 0 Å². The van der Waals surface area contributed by atoms with Gasteiger partial charge in [-0.1, -0.05) is 12.8 Å². The fourth-order valence-electron chi connectivity index (χ4n) is 2.23. The molecule has 3 heteroatoms. The highest BCUT2D eigenvalue weighted by molar-refractivity contribution is 5.46. The van der Waals surface area contributed by atoms with Crippen molar-refractivity contribution in [3.63, 3.8) is 0 Å². The summed E-state index contributed by atoms with van der Waals surface area (Å²) in [5, 5.41) is 13.3. The second-order valence-electron chi connectivity index (χ2n) is 4.75. The van der Waals surface area contributed by atoms with E-state index in [4.69, 9.17) is 0 Å². The van der Waals surface area contributed by atoms with E-state index in [-0.39, 0.29) is 5.82 Å². The van der Waals surface area contributed by atoms with Crippen molar-refractivity contribution in [2.75, 3.05) is 11.9 Å². The van der Waals surface area contributed by atoms with Gasteiger partial charge in [-0.05, 0) is 43.5 Å². The highest BCUT2D eigenvalue weighted by Gasteiger charge is 2.30. The van der Waals surface area contributed by atoms with E-state index in [1.54, 1.807) is 19.1 Å². The van der Waals surface area contributed by atoms with E-state index < -0.39 is 5.60 Å². The van der Waals surface area contributed by atoms with Gasteiger partial charge in [0.15, 0.2) is 0 Å². The Labute approximate surface area is 95.5 Å². The van der Waals surface area contributed by atoms with Crippen LogP contribution in [-0.4, -0.2) is 17.3 Å². The zero-order valence-electron chi connectivity index (χ0n) is 9.59. The first-order valence-corrected chi connectivity index (χ1v) is 5.81. The summed E-state index contributed by atoms with van der Waals surface area (Å²) < 4.78 is 13.0. The van der Waals surface area contributed by atoms with Gasteiger partial charge in [-0.3, -0.25) is 0 Å². The Kier molecular flexibility index (Phi) is 3.15. The van der Waals surface area contributed by atoms with Crippen molar-refractivity contribution in [2.24, 2.45) is 0 Å². The minimum absolute atomic E-state index is 0.190. The lowest BCUT2D eigenvalue weighted by Crippen LogP contribution is -2.33. The molecule has 0 atom stereocenters. The minimum atomic E-state index is -0.567. The van der Waals surface area contributed by atoms with Crippen LogP contribution in [0, 0.1) is 12.7 Å². The molecule has 1 aromatic carbocycles. The molecule has 1 aliphatic rings. The van der Waals surface area contributed by atoms with Gasteiger partial charge in [0, 0.05) is 12.2 Å². The number of halogens is 1.